The van der Waals surface area contributed by atoms with Gasteiger partial charge in [-0.3, -0.25) is 9.52 Å². The van der Waals surface area contributed by atoms with E-state index < -0.39 is 10.0 Å². The van der Waals surface area contributed by atoms with E-state index in [9.17, 15) is 13.2 Å². The highest BCUT2D eigenvalue weighted by Gasteiger charge is 2.17. The Morgan fingerprint density at radius 3 is 2.35 bits per heavy atom. The quantitative estimate of drug-likeness (QED) is 0.208. The summed E-state index contributed by atoms with van der Waals surface area (Å²) >= 11 is 2.78. The summed E-state index contributed by atoms with van der Waals surface area (Å²) in [7, 11) is -3.65. The molecule has 0 bridgehead atoms. The van der Waals surface area contributed by atoms with Crippen molar-refractivity contribution in [1.82, 2.24) is 4.98 Å². The summed E-state index contributed by atoms with van der Waals surface area (Å²) in [6.07, 6.45) is 0. The zero-order chi connectivity index (χ0) is 25.8. The predicted octanol–water partition coefficient (Wildman–Crippen LogP) is 6.88. The number of anilines is 2. The minimum absolute atomic E-state index is 0.154. The van der Waals surface area contributed by atoms with Crippen molar-refractivity contribution in [3.05, 3.63) is 102 Å². The van der Waals surface area contributed by atoms with Crippen LogP contribution in [0.15, 0.2) is 112 Å². The third kappa shape index (κ3) is 6.02. The maximum absolute atomic E-state index is 12.8. The van der Waals surface area contributed by atoms with Crippen LogP contribution in [0.4, 0.5) is 10.8 Å². The molecule has 37 heavy (non-hydrogen) atoms. The predicted molar refractivity (Wildman–Crippen MR) is 153 cm³/mol. The molecule has 0 spiro atoms. The molecule has 1 atom stereocenters. The van der Waals surface area contributed by atoms with Crippen molar-refractivity contribution in [3.8, 4) is 11.3 Å². The fraction of sp³-hybridized carbons (Fsp3) is 0.0714. The molecule has 0 saturated heterocycles. The van der Waals surface area contributed by atoms with Gasteiger partial charge in [0.1, 0.15) is 0 Å². The van der Waals surface area contributed by atoms with Crippen LogP contribution in [0.1, 0.15) is 6.92 Å². The maximum atomic E-state index is 12.8. The third-order valence-electron chi connectivity index (χ3n) is 5.62. The summed E-state index contributed by atoms with van der Waals surface area (Å²) in [5.74, 6) is -0.154. The summed E-state index contributed by atoms with van der Waals surface area (Å²) < 4.78 is 27.6. The normalized spacial score (nSPS) is 12.2. The Morgan fingerprint density at radius 2 is 1.59 bits per heavy atom. The average Bonchev–Trinajstić information content (AvgIpc) is 3.38. The smallest absolute Gasteiger partial charge is 0.261 e. The Balaban J connectivity index is 1.19. The van der Waals surface area contributed by atoms with E-state index in [0.717, 1.165) is 21.5 Å². The van der Waals surface area contributed by atoms with Crippen LogP contribution in [0.25, 0.3) is 22.0 Å². The van der Waals surface area contributed by atoms with Gasteiger partial charge in [0, 0.05) is 21.5 Å². The number of amides is 1. The van der Waals surface area contributed by atoms with Crippen molar-refractivity contribution < 1.29 is 13.2 Å². The largest absolute Gasteiger partial charge is 0.301 e. The van der Waals surface area contributed by atoms with Crippen LogP contribution in [0, 0.1) is 0 Å². The lowest BCUT2D eigenvalue weighted by atomic mass is 10.1. The summed E-state index contributed by atoms with van der Waals surface area (Å²) in [6.45, 7) is 1.82. The van der Waals surface area contributed by atoms with E-state index in [2.05, 4.69) is 39.3 Å². The Morgan fingerprint density at radius 1 is 0.892 bits per heavy atom. The van der Waals surface area contributed by atoms with Gasteiger partial charge >= 0.3 is 0 Å². The van der Waals surface area contributed by atoms with Gasteiger partial charge in [-0.05, 0) is 60.2 Å². The van der Waals surface area contributed by atoms with Crippen molar-refractivity contribution in [2.75, 3.05) is 10.0 Å². The monoisotopic (exact) mass is 545 g/mol. The highest BCUT2D eigenvalue weighted by molar-refractivity contribution is 8.00. The van der Waals surface area contributed by atoms with Gasteiger partial charge in [-0.15, -0.1) is 23.1 Å². The minimum atomic E-state index is -3.65. The fourth-order valence-electron chi connectivity index (χ4n) is 3.69. The molecule has 0 aliphatic heterocycles. The van der Waals surface area contributed by atoms with E-state index >= 15 is 0 Å². The molecule has 5 aromatic rings. The standard InChI is InChI=1S/C28H23N3O3S3/c1-19(36-24-15-13-23(14-16-24)31-37(33,34)25-9-3-2-4-10-25)27(32)30-28-29-26(18-35-28)22-12-11-20-7-5-6-8-21(20)17-22/h2-19,31H,1H3,(H,29,30,32). The molecule has 186 valence electrons. The van der Waals surface area contributed by atoms with E-state index in [4.69, 9.17) is 0 Å². The third-order valence-corrected chi connectivity index (χ3v) is 8.89. The van der Waals surface area contributed by atoms with Gasteiger partial charge in [0.2, 0.25) is 5.91 Å². The van der Waals surface area contributed by atoms with Crippen molar-refractivity contribution in [1.29, 1.82) is 0 Å². The second-order valence-electron chi connectivity index (χ2n) is 8.29. The molecule has 2 N–H and O–H groups in total. The van der Waals surface area contributed by atoms with Crippen molar-refractivity contribution >= 4 is 60.6 Å². The van der Waals surface area contributed by atoms with E-state index in [1.165, 1.54) is 28.5 Å². The molecule has 6 nitrogen and oxygen atoms in total. The fourth-order valence-corrected chi connectivity index (χ4v) is 6.36. The number of thiazole rings is 1. The maximum Gasteiger partial charge on any atom is 0.261 e. The van der Waals surface area contributed by atoms with Crippen LogP contribution in [0.2, 0.25) is 0 Å². The second-order valence-corrected chi connectivity index (χ2v) is 12.2. The number of fused-ring (bicyclic) bond motifs is 1. The molecule has 4 aromatic carbocycles. The molecule has 0 aliphatic rings. The Kier molecular flexibility index (Phi) is 7.27. The number of hydrogen-bond acceptors (Lipinski definition) is 6. The summed E-state index contributed by atoms with van der Waals surface area (Å²) in [5.41, 5.74) is 2.27. The van der Waals surface area contributed by atoms with Crippen LogP contribution in [0.5, 0.6) is 0 Å². The molecule has 0 saturated carbocycles. The first-order valence-electron chi connectivity index (χ1n) is 11.5. The average molecular weight is 546 g/mol. The molecule has 1 heterocycles. The van der Waals surface area contributed by atoms with Crippen LogP contribution in [-0.2, 0) is 14.8 Å². The lowest BCUT2D eigenvalue weighted by molar-refractivity contribution is -0.115. The number of rotatable bonds is 8. The van der Waals surface area contributed by atoms with Crippen molar-refractivity contribution in [2.45, 2.75) is 22.0 Å². The van der Waals surface area contributed by atoms with E-state index in [1.54, 1.807) is 54.6 Å². The van der Waals surface area contributed by atoms with Gasteiger partial charge in [-0.2, -0.15) is 0 Å². The molecular weight excluding hydrogens is 523 g/mol. The number of sulfonamides is 1. The first-order valence-corrected chi connectivity index (χ1v) is 14.7. The number of aromatic nitrogens is 1. The lowest BCUT2D eigenvalue weighted by Crippen LogP contribution is -2.22. The minimum Gasteiger partial charge on any atom is -0.301 e. The second kappa shape index (κ2) is 10.8. The van der Waals surface area contributed by atoms with Gasteiger partial charge in [-0.25, -0.2) is 13.4 Å². The number of thioether (sulfide) groups is 1. The molecule has 1 unspecified atom stereocenters. The van der Waals surface area contributed by atoms with Gasteiger partial charge in [0.05, 0.1) is 15.8 Å². The summed E-state index contributed by atoms with van der Waals surface area (Å²) in [4.78, 5) is 18.4. The van der Waals surface area contributed by atoms with E-state index in [1.807, 2.05) is 30.5 Å². The van der Waals surface area contributed by atoms with Crippen LogP contribution < -0.4 is 10.0 Å². The van der Waals surface area contributed by atoms with Crippen LogP contribution >= 0.6 is 23.1 Å². The number of hydrogen-bond donors (Lipinski definition) is 2. The zero-order valence-electron chi connectivity index (χ0n) is 19.8. The topological polar surface area (TPSA) is 88.2 Å². The Labute approximate surface area is 223 Å². The van der Waals surface area contributed by atoms with Crippen LogP contribution in [0.3, 0.4) is 0 Å². The van der Waals surface area contributed by atoms with Crippen molar-refractivity contribution in [2.24, 2.45) is 0 Å². The number of benzene rings is 4. The summed E-state index contributed by atoms with van der Waals surface area (Å²) in [6, 6.07) is 29.5. The number of carbonyl (C=O) groups excluding carboxylic acids is 1. The van der Waals surface area contributed by atoms with E-state index in [-0.39, 0.29) is 16.1 Å². The van der Waals surface area contributed by atoms with Crippen LogP contribution in [-0.4, -0.2) is 24.6 Å². The molecule has 0 radical (unpaired) electrons. The number of nitrogens with one attached hydrogen (secondary N) is 2. The van der Waals surface area contributed by atoms with Gasteiger partial charge < -0.3 is 5.32 Å². The molecule has 0 aliphatic carbocycles. The zero-order valence-corrected chi connectivity index (χ0v) is 22.2. The number of nitrogens with zero attached hydrogens (tertiary/aromatic N) is 1. The SMILES string of the molecule is CC(Sc1ccc(NS(=O)(=O)c2ccccc2)cc1)C(=O)Nc1nc(-c2ccc3ccccc3c2)cs1. The molecule has 0 fully saturated rings. The highest BCUT2D eigenvalue weighted by atomic mass is 32.2. The van der Waals surface area contributed by atoms with E-state index in [0.29, 0.717) is 10.8 Å². The van der Waals surface area contributed by atoms with Gasteiger partial charge in [0.25, 0.3) is 10.0 Å². The molecular formula is C28H23N3O3S3. The number of carbonyl (C=O) groups is 1. The molecule has 1 aromatic heterocycles. The Bertz CT molecular complexity index is 1650. The molecule has 9 heteroatoms. The first kappa shape index (κ1) is 25.0. The Hall–Kier alpha value is -3.66. The molecule has 1 amide bonds. The molecule has 5 rings (SSSR count). The van der Waals surface area contributed by atoms with Gasteiger partial charge in [-0.1, -0.05) is 54.6 Å². The van der Waals surface area contributed by atoms with Gasteiger partial charge in [0.15, 0.2) is 5.13 Å². The highest BCUT2D eigenvalue weighted by Crippen LogP contribution is 2.30. The first-order chi connectivity index (χ1) is 17.9. The van der Waals surface area contributed by atoms with Crippen molar-refractivity contribution in [3.63, 3.8) is 0 Å². The summed E-state index contributed by atoms with van der Waals surface area (Å²) in [5, 5.41) is 7.33. The lowest BCUT2D eigenvalue weighted by Gasteiger charge is -2.12.